The Morgan fingerprint density at radius 3 is 2.65 bits per heavy atom. The number of hydrogen-bond acceptors (Lipinski definition) is 5. The molecule has 0 fully saturated rings. The number of carbonyl (C=O) groups excluding carboxylic acids is 1. The number of carbonyl (C=O) groups is 1. The average molecular weight is 271 g/mol. The van der Waals surface area contributed by atoms with E-state index >= 15 is 0 Å². The molecule has 6 heteroatoms. The van der Waals surface area contributed by atoms with E-state index in [-0.39, 0.29) is 18.4 Å². The van der Waals surface area contributed by atoms with E-state index in [1.165, 1.54) is 0 Å². The van der Waals surface area contributed by atoms with Crippen LogP contribution < -0.4 is 16.8 Å². The molecule has 1 aromatic carbocycles. The van der Waals surface area contributed by atoms with Crippen LogP contribution in [0.2, 0.25) is 0 Å². The highest BCUT2D eigenvalue weighted by Crippen LogP contribution is 2.19. The molecule has 5 N–H and O–H groups in total. The van der Waals surface area contributed by atoms with Crippen molar-refractivity contribution in [2.75, 3.05) is 11.1 Å². The van der Waals surface area contributed by atoms with E-state index < -0.39 is 0 Å². The van der Waals surface area contributed by atoms with Crippen molar-refractivity contribution in [3.05, 3.63) is 36.4 Å². The van der Waals surface area contributed by atoms with Crippen LogP contribution in [0.5, 0.6) is 0 Å². The summed E-state index contributed by atoms with van der Waals surface area (Å²) < 4.78 is 0. The van der Waals surface area contributed by atoms with Crippen molar-refractivity contribution in [3.8, 4) is 11.4 Å². The Morgan fingerprint density at radius 2 is 2.00 bits per heavy atom. The fourth-order valence-corrected chi connectivity index (χ4v) is 1.86. The Hall–Kier alpha value is -2.63. The highest BCUT2D eigenvalue weighted by atomic mass is 16.1. The first-order valence-corrected chi connectivity index (χ1v) is 6.29. The fourth-order valence-electron chi connectivity index (χ4n) is 1.86. The maximum atomic E-state index is 10.9. The molecule has 0 aliphatic heterocycles. The molecule has 1 amide bonds. The molecule has 0 saturated carbocycles. The Labute approximate surface area is 117 Å². The van der Waals surface area contributed by atoms with E-state index in [9.17, 15) is 4.79 Å². The number of aromatic nitrogens is 2. The lowest BCUT2D eigenvalue weighted by molar-refractivity contribution is -0.118. The van der Waals surface area contributed by atoms with Crippen molar-refractivity contribution >= 4 is 17.5 Å². The van der Waals surface area contributed by atoms with Crippen molar-refractivity contribution in [1.82, 2.24) is 9.97 Å². The Balaban J connectivity index is 2.23. The third kappa shape index (κ3) is 3.68. The van der Waals surface area contributed by atoms with Gasteiger partial charge in [-0.15, -0.1) is 0 Å². The number of amides is 1. The molecule has 1 unspecified atom stereocenters. The van der Waals surface area contributed by atoms with E-state index in [2.05, 4.69) is 15.3 Å². The van der Waals surface area contributed by atoms with Gasteiger partial charge in [-0.1, -0.05) is 30.3 Å². The molecule has 0 aliphatic rings. The zero-order valence-corrected chi connectivity index (χ0v) is 11.2. The molecule has 0 saturated heterocycles. The van der Waals surface area contributed by atoms with Gasteiger partial charge in [-0.3, -0.25) is 4.79 Å². The number of nitrogens with one attached hydrogen (secondary N) is 1. The molecule has 1 aromatic heterocycles. The van der Waals surface area contributed by atoms with Crippen LogP contribution in [0, 0.1) is 0 Å². The summed E-state index contributed by atoms with van der Waals surface area (Å²) in [5, 5.41) is 3.09. The third-order valence-corrected chi connectivity index (χ3v) is 2.68. The molecule has 0 bridgehead atoms. The average Bonchev–Trinajstić information content (AvgIpc) is 2.38. The van der Waals surface area contributed by atoms with Crippen molar-refractivity contribution in [2.24, 2.45) is 5.73 Å². The van der Waals surface area contributed by atoms with E-state index in [0.717, 1.165) is 5.56 Å². The van der Waals surface area contributed by atoms with E-state index in [1.54, 1.807) is 6.07 Å². The molecule has 2 rings (SSSR count). The minimum Gasteiger partial charge on any atom is -0.384 e. The lowest BCUT2D eigenvalue weighted by atomic mass is 10.2. The zero-order valence-electron chi connectivity index (χ0n) is 11.2. The van der Waals surface area contributed by atoms with Gasteiger partial charge in [-0.2, -0.15) is 0 Å². The number of anilines is 2. The first kappa shape index (κ1) is 13.8. The van der Waals surface area contributed by atoms with Gasteiger partial charge in [0.05, 0.1) is 0 Å². The monoisotopic (exact) mass is 271 g/mol. The SMILES string of the molecule is CC(CC(N)=O)Nc1cc(N)nc(-c2ccccc2)n1. The van der Waals surface area contributed by atoms with Gasteiger partial charge in [0.2, 0.25) is 5.91 Å². The van der Waals surface area contributed by atoms with Crippen LogP contribution in [-0.4, -0.2) is 21.9 Å². The molecule has 20 heavy (non-hydrogen) atoms. The molecule has 0 aliphatic carbocycles. The molecule has 104 valence electrons. The van der Waals surface area contributed by atoms with Crippen LogP contribution in [0.1, 0.15) is 13.3 Å². The van der Waals surface area contributed by atoms with Crippen LogP contribution >= 0.6 is 0 Å². The van der Waals surface area contributed by atoms with Crippen LogP contribution in [0.4, 0.5) is 11.6 Å². The van der Waals surface area contributed by atoms with Crippen LogP contribution in [-0.2, 0) is 4.79 Å². The minimum absolute atomic E-state index is 0.120. The molecule has 0 spiro atoms. The molecule has 6 nitrogen and oxygen atoms in total. The second-order valence-corrected chi connectivity index (χ2v) is 4.58. The Kier molecular flexibility index (Phi) is 4.14. The Morgan fingerprint density at radius 1 is 1.30 bits per heavy atom. The van der Waals surface area contributed by atoms with Crippen LogP contribution in [0.15, 0.2) is 36.4 Å². The summed E-state index contributed by atoms with van der Waals surface area (Å²) >= 11 is 0. The number of nitrogen functional groups attached to an aromatic ring is 1. The van der Waals surface area contributed by atoms with Gasteiger partial charge in [-0.25, -0.2) is 9.97 Å². The topological polar surface area (TPSA) is 107 Å². The minimum atomic E-state index is -0.365. The van der Waals surface area contributed by atoms with Gasteiger partial charge in [0.1, 0.15) is 11.6 Å². The number of nitrogens with zero attached hydrogens (tertiary/aromatic N) is 2. The van der Waals surface area contributed by atoms with Gasteiger partial charge in [0.15, 0.2) is 5.82 Å². The second kappa shape index (κ2) is 6.01. The lowest BCUT2D eigenvalue weighted by Crippen LogP contribution is -2.24. The van der Waals surface area contributed by atoms with Gasteiger partial charge in [0, 0.05) is 24.1 Å². The second-order valence-electron chi connectivity index (χ2n) is 4.58. The normalized spacial score (nSPS) is 11.8. The van der Waals surface area contributed by atoms with Crippen molar-refractivity contribution < 1.29 is 4.79 Å². The Bertz CT molecular complexity index is 600. The third-order valence-electron chi connectivity index (χ3n) is 2.68. The summed E-state index contributed by atoms with van der Waals surface area (Å²) in [6.45, 7) is 1.85. The summed E-state index contributed by atoms with van der Waals surface area (Å²) in [4.78, 5) is 19.5. The highest BCUT2D eigenvalue weighted by molar-refractivity contribution is 5.74. The zero-order chi connectivity index (χ0) is 14.5. The van der Waals surface area contributed by atoms with Crippen molar-refractivity contribution in [3.63, 3.8) is 0 Å². The number of hydrogen-bond donors (Lipinski definition) is 3. The predicted octanol–water partition coefficient (Wildman–Crippen LogP) is 1.40. The maximum Gasteiger partial charge on any atom is 0.219 e. The summed E-state index contributed by atoms with van der Waals surface area (Å²) in [6.07, 6.45) is 0.227. The number of rotatable bonds is 5. The smallest absolute Gasteiger partial charge is 0.219 e. The predicted molar refractivity (Wildman–Crippen MR) is 78.8 cm³/mol. The summed E-state index contributed by atoms with van der Waals surface area (Å²) in [6, 6.07) is 11.1. The number of primary amides is 1. The van der Waals surface area contributed by atoms with Crippen molar-refractivity contribution in [2.45, 2.75) is 19.4 Å². The molecule has 2 aromatic rings. The quantitative estimate of drug-likeness (QED) is 0.762. The van der Waals surface area contributed by atoms with Gasteiger partial charge < -0.3 is 16.8 Å². The van der Waals surface area contributed by atoms with E-state index in [1.807, 2.05) is 37.3 Å². The standard InChI is InChI=1S/C14H17N5O/c1-9(7-12(16)20)17-13-8-11(15)18-14(19-13)10-5-3-2-4-6-10/h2-6,8-9H,7H2,1H3,(H2,16,20)(H3,15,17,18,19). The molecule has 0 radical (unpaired) electrons. The summed E-state index contributed by atoms with van der Waals surface area (Å²) in [5.41, 5.74) is 11.8. The van der Waals surface area contributed by atoms with Crippen LogP contribution in [0.25, 0.3) is 11.4 Å². The van der Waals surface area contributed by atoms with Crippen molar-refractivity contribution in [1.29, 1.82) is 0 Å². The molecular formula is C14H17N5O. The van der Waals surface area contributed by atoms with Gasteiger partial charge in [0.25, 0.3) is 0 Å². The number of benzene rings is 1. The molecular weight excluding hydrogens is 254 g/mol. The van der Waals surface area contributed by atoms with Gasteiger partial charge >= 0.3 is 0 Å². The van der Waals surface area contributed by atoms with Gasteiger partial charge in [-0.05, 0) is 6.92 Å². The largest absolute Gasteiger partial charge is 0.384 e. The summed E-state index contributed by atoms with van der Waals surface area (Å²) in [5.74, 6) is 1.12. The molecule has 1 heterocycles. The maximum absolute atomic E-state index is 10.9. The number of nitrogens with two attached hydrogens (primary N) is 2. The van der Waals surface area contributed by atoms with E-state index in [4.69, 9.17) is 11.5 Å². The first-order chi connectivity index (χ1) is 9.54. The summed E-state index contributed by atoms with van der Waals surface area (Å²) in [7, 11) is 0. The van der Waals surface area contributed by atoms with E-state index in [0.29, 0.717) is 17.5 Å². The lowest BCUT2D eigenvalue weighted by Gasteiger charge is -2.13. The fraction of sp³-hybridized carbons (Fsp3) is 0.214. The van der Waals surface area contributed by atoms with Crippen LogP contribution in [0.3, 0.4) is 0 Å². The first-order valence-electron chi connectivity index (χ1n) is 6.29. The highest BCUT2D eigenvalue weighted by Gasteiger charge is 2.09. The molecule has 1 atom stereocenters.